The number of hydrogen-bond acceptors (Lipinski definition) is 3. The van der Waals surface area contributed by atoms with E-state index in [0.29, 0.717) is 25.4 Å². The number of carbonyl (C=O) groups is 2. The molecule has 0 spiro atoms. The Morgan fingerprint density at radius 1 is 1.15 bits per heavy atom. The van der Waals surface area contributed by atoms with Crippen molar-refractivity contribution in [3.05, 3.63) is 35.4 Å². The molecule has 1 aliphatic rings. The van der Waals surface area contributed by atoms with Gasteiger partial charge in [0.1, 0.15) is 5.75 Å². The number of hydrogen-bond donors (Lipinski definition) is 2. The molecule has 1 aromatic carbocycles. The average molecular weight is 358 g/mol. The first-order valence-corrected chi connectivity index (χ1v) is 9.45. The van der Waals surface area contributed by atoms with Crippen LogP contribution in [0, 0.1) is 12.8 Å². The zero-order valence-corrected chi connectivity index (χ0v) is 15.8. The maximum Gasteiger partial charge on any atom is 0.244 e. The largest absolute Gasteiger partial charge is 0.496 e. The molecule has 2 amide bonds. The summed E-state index contributed by atoms with van der Waals surface area (Å²) in [6, 6.07) is 5.81. The van der Waals surface area contributed by atoms with Gasteiger partial charge in [-0.2, -0.15) is 0 Å². The topological polar surface area (TPSA) is 67.4 Å². The van der Waals surface area contributed by atoms with E-state index in [1.165, 1.54) is 25.3 Å². The van der Waals surface area contributed by atoms with E-state index in [1.54, 1.807) is 13.2 Å². The Bertz CT molecular complexity index is 634. The lowest BCUT2D eigenvalue weighted by atomic mass is 9.87. The molecule has 2 N–H and O–H groups in total. The molecule has 0 unspecified atom stereocenters. The first kappa shape index (κ1) is 20.0. The molecule has 5 nitrogen and oxygen atoms in total. The summed E-state index contributed by atoms with van der Waals surface area (Å²) in [6.07, 6.45) is 9.95. The number of benzene rings is 1. The van der Waals surface area contributed by atoms with Gasteiger partial charge in [-0.3, -0.25) is 9.59 Å². The smallest absolute Gasteiger partial charge is 0.244 e. The monoisotopic (exact) mass is 358 g/mol. The highest BCUT2D eigenvalue weighted by molar-refractivity contribution is 5.92. The molecule has 1 aliphatic carbocycles. The van der Waals surface area contributed by atoms with Crippen molar-refractivity contribution in [2.75, 3.05) is 20.2 Å². The Balaban J connectivity index is 1.67. The fourth-order valence-corrected chi connectivity index (χ4v) is 3.32. The molecule has 0 aliphatic heterocycles. The molecular weight excluding hydrogens is 328 g/mol. The van der Waals surface area contributed by atoms with Gasteiger partial charge in [0.2, 0.25) is 11.8 Å². The number of ether oxygens (including phenoxy) is 1. The van der Waals surface area contributed by atoms with Gasteiger partial charge in [-0.1, -0.05) is 30.9 Å². The van der Waals surface area contributed by atoms with E-state index >= 15 is 0 Å². The minimum absolute atomic E-state index is 0.0891. The third-order valence-corrected chi connectivity index (χ3v) is 4.74. The predicted octanol–water partition coefficient (Wildman–Crippen LogP) is 3.22. The van der Waals surface area contributed by atoms with Gasteiger partial charge in [-0.25, -0.2) is 0 Å². The fraction of sp³-hybridized carbons (Fsp3) is 0.524. The zero-order chi connectivity index (χ0) is 18.8. The van der Waals surface area contributed by atoms with E-state index < -0.39 is 0 Å². The van der Waals surface area contributed by atoms with E-state index in [1.807, 2.05) is 25.1 Å². The number of methoxy groups -OCH3 is 1. The molecule has 0 radical (unpaired) electrons. The number of rotatable bonds is 8. The van der Waals surface area contributed by atoms with Crippen molar-refractivity contribution in [3.63, 3.8) is 0 Å². The van der Waals surface area contributed by atoms with Gasteiger partial charge in [0.25, 0.3) is 0 Å². The Kier molecular flexibility index (Phi) is 8.19. The predicted molar refractivity (Wildman–Crippen MR) is 104 cm³/mol. The summed E-state index contributed by atoms with van der Waals surface area (Å²) >= 11 is 0. The van der Waals surface area contributed by atoms with Crippen LogP contribution in [0.4, 0.5) is 0 Å². The van der Waals surface area contributed by atoms with Crippen LogP contribution >= 0.6 is 0 Å². The summed E-state index contributed by atoms with van der Waals surface area (Å²) in [7, 11) is 1.61. The maximum absolute atomic E-state index is 11.9. The summed E-state index contributed by atoms with van der Waals surface area (Å²) in [5.74, 6) is 1.17. The summed E-state index contributed by atoms with van der Waals surface area (Å²) in [5.41, 5.74) is 1.97. The van der Waals surface area contributed by atoms with Gasteiger partial charge in [0.15, 0.2) is 0 Å². The van der Waals surface area contributed by atoms with Crippen molar-refractivity contribution >= 4 is 17.9 Å². The summed E-state index contributed by atoms with van der Waals surface area (Å²) in [6.45, 7) is 2.87. The SMILES string of the molecule is COc1ccc(C)cc1/C=C/C(=O)NCCNC(=O)CC1CCCCC1. The standard InChI is InChI=1S/C21H30N2O3/c1-16-8-10-19(26-2)18(14-16)9-11-20(24)22-12-13-23-21(25)15-17-6-4-3-5-7-17/h8-11,14,17H,3-7,12-13,15H2,1-2H3,(H,22,24)(H,23,25)/b11-9+. The minimum Gasteiger partial charge on any atom is -0.496 e. The second kappa shape index (κ2) is 10.6. The molecule has 26 heavy (non-hydrogen) atoms. The lowest BCUT2D eigenvalue weighted by Crippen LogP contribution is -2.34. The van der Waals surface area contributed by atoms with Crippen LogP contribution < -0.4 is 15.4 Å². The van der Waals surface area contributed by atoms with Crippen molar-refractivity contribution in [2.24, 2.45) is 5.92 Å². The molecule has 0 aromatic heterocycles. The van der Waals surface area contributed by atoms with Crippen LogP contribution in [0.3, 0.4) is 0 Å². The van der Waals surface area contributed by atoms with Crippen LogP contribution in [0.5, 0.6) is 5.75 Å². The molecule has 1 fully saturated rings. The van der Waals surface area contributed by atoms with E-state index in [-0.39, 0.29) is 11.8 Å². The lowest BCUT2D eigenvalue weighted by Gasteiger charge is -2.20. The first-order valence-electron chi connectivity index (χ1n) is 9.45. The van der Waals surface area contributed by atoms with Crippen LogP contribution in [0.1, 0.15) is 49.7 Å². The molecule has 2 rings (SSSR count). The van der Waals surface area contributed by atoms with E-state index in [0.717, 1.165) is 29.7 Å². The molecule has 0 atom stereocenters. The van der Waals surface area contributed by atoms with Gasteiger partial charge in [-0.15, -0.1) is 0 Å². The second-order valence-corrected chi connectivity index (χ2v) is 6.93. The summed E-state index contributed by atoms with van der Waals surface area (Å²) < 4.78 is 5.29. The Hall–Kier alpha value is -2.30. The first-order chi connectivity index (χ1) is 12.6. The third-order valence-electron chi connectivity index (χ3n) is 4.74. The van der Waals surface area contributed by atoms with E-state index in [4.69, 9.17) is 4.74 Å². The van der Waals surface area contributed by atoms with Crippen LogP contribution in [0.15, 0.2) is 24.3 Å². The third kappa shape index (κ3) is 6.90. The van der Waals surface area contributed by atoms with Gasteiger partial charge in [-0.05, 0) is 43.9 Å². The van der Waals surface area contributed by atoms with Crippen molar-refractivity contribution in [1.29, 1.82) is 0 Å². The average Bonchev–Trinajstić information content (AvgIpc) is 2.64. The molecular formula is C21H30N2O3. The molecule has 1 saturated carbocycles. The maximum atomic E-state index is 11.9. The molecule has 0 saturated heterocycles. The Labute approximate surface area is 156 Å². The van der Waals surface area contributed by atoms with Crippen molar-refractivity contribution < 1.29 is 14.3 Å². The van der Waals surface area contributed by atoms with Crippen LogP contribution in [-0.4, -0.2) is 32.0 Å². The lowest BCUT2D eigenvalue weighted by molar-refractivity contribution is -0.122. The van der Waals surface area contributed by atoms with Gasteiger partial charge in [0, 0.05) is 31.1 Å². The second-order valence-electron chi connectivity index (χ2n) is 6.93. The highest BCUT2D eigenvalue weighted by Gasteiger charge is 2.16. The number of carbonyl (C=O) groups excluding carboxylic acids is 2. The van der Waals surface area contributed by atoms with Crippen molar-refractivity contribution in [3.8, 4) is 5.75 Å². The quantitative estimate of drug-likeness (QED) is 0.554. The zero-order valence-electron chi connectivity index (χ0n) is 15.8. The van der Waals surface area contributed by atoms with Gasteiger partial charge < -0.3 is 15.4 Å². The van der Waals surface area contributed by atoms with Crippen LogP contribution in [0.2, 0.25) is 0 Å². The summed E-state index contributed by atoms with van der Waals surface area (Å²) in [5, 5.41) is 5.67. The Morgan fingerprint density at radius 2 is 1.88 bits per heavy atom. The highest BCUT2D eigenvalue weighted by Crippen LogP contribution is 2.26. The number of nitrogens with one attached hydrogen (secondary N) is 2. The highest BCUT2D eigenvalue weighted by atomic mass is 16.5. The van der Waals surface area contributed by atoms with Crippen molar-refractivity contribution in [2.45, 2.75) is 45.4 Å². The normalized spacial score (nSPS) is 15.0. The Morgan fingerprint density at radius 3 is 2.62 bits per heavy atom. The molecule has 142 valence electrons. The molecule has 0 bridgehead atoms. The van der Waals surface area contributed by atoms with Crippen molar-refractivity contribution in [1.82, 2.24) is 10.6 Å². The minimum atomic E-state index is -0.185. The number of amides is 2. The van der Waals surface area contributed by atoms with Gasteiger partial charge >= 0.3 is 0 Å². The molecule has 5 heteroatoms. The van der Waals surface area contributed by atoms with E-state index in [9.17, 15) is 9.59 Å². The molecule has 0 heterocycles. The van der Waals surface area contributed by atoms with E-state index in [2.05, 4.69) is 10.6 Å². The molecule has 1 aromatic rings. The summed E-state index contributed by atoms with van der Waals surface area (Å²) in [4.78, 5) is 23.8. The van der Waals surface area contributed by atoms with Gasteiger partial charge in [0.05, 0.1) is 7.11 Å². The van der Waals surface area contributed by atoms with Crippen LogP contribution in [0.25, 0.3) is 6.08 Å². The number of aryl methyl sites for hydroxylation is 1. The van der Waals surface area contributed by atoms with Crippen LogP contribution in [-0.2, 0) is 9.59 Å². The fourth-order valence-electron chi connectivity index (χ4n) is 3.32.